The Bertz CT molecular complexity index is 1240. The summed E-state index contributed by atoms with van der Waals surface area (Å²) in [5.41, 5.74) is 1.41. The summed E-state index contributed by atoms with van der Waals surface area (Å²) in [5.74, 6) is -0.530. The summed E-state index contributed by atoms with van der Waals surface area (Å²) in [6.07, 6.45) is -4.52. The van der Waals surface area contributed by atoms with Crippen molar-refractivity contribution in [2.24, 2.45) is 0 Å². The van der Waals surface area contributed by atoms with E-state index in [9.17, 15) is 31.6 Å². The Morgan fingerprint density at radius 3 is 2.11 bits per heavy atom. The minimum Gasteiger partial charge on any atom is -0.490 e. The largest absolute Gasteiger partial charge is 0.490 e. The summed E-state index contributed by atoms with van der Waals surface area (Å²) < 4.78 is 70.9. The Balaban J connectivity index is 1.41. The van der Waals surface area contributed by atoms with Crippen molar-refractivity contribution in [1.29, 1.82) is 5.41 Å². The fourth-order valence-electron chi connectivity index (χ4n) is 4.93. The molecular formula is C25H29F3N4O5S. The molecule has 2 aliphatic heterocycles. The highest BCUT2D eigenvalue weighted by Crippen LogP contribution is 2.36. The van der Waals surface area contributed by atoms with E-state index in [1.807, 2.05) is 6.07 Å². The predicted molar refractivity (Wildman–Crippen MR) is 132 cm³/mol. The minimum atomic E-state index is -4.45. The number of ether oxygens (including phenoxy) is 1. The SMILES string of the molecule is N=C(c1ccccc1)N1CCC(C(=O)NO)(S(=O)(=O)N2CCC(Oc3ccc(C(F)(F)F)cc3)CC2)CC1. The molecule has 0 saturated carbocycles. The predicted octanol–water partition coefficient (Wildman–Crippen LogP) is 3.24. The summed E-state index contributed by atoms with van der Waals surface area (Å²) >= 11 is 0. The number of benzene rings is 2. The van der Waals surface area contributed by atoms with Crippen LogP contribution in [0.25, 0.3) is 0 Å². The highest BCUT2D eigenvalue weighted by Gasteiger charge is 2.55. The lowest BCUT2D eigenvalue weighted by Crippen LogP contribution is -2.62. The molecule has 0 bridgehead atoms. The molecule has 1 amide bonds. The average molecular weight is 555 g/mol. The molecule has 206 valence electrons. The first-order chi connectivity index (χ1) is 18.0. The van der Waals surface area contributed by atoms with Gasteiger partial charge in [-0.25, -0.2) is 18.2 Å². The number of nitrogens with one attached hydrogen (secondary N) is 2. The van der Waals surface area contributed by atoms with E-state index >= 15 is 0 Å². The van der Waals surface area contributed by atoms with Gasteiger partial charge in [-0.05, 0) is 49.9 Å². The van der Waals surface area contributed by atoms with E-state index in [0.29, 0.717) is 5.56 Å². The van der Waals surface area contributed by atoms with Crippen LogP contribution in [-0.2, 0) is 21.0 Å². The molecule has 4 rings (SSSR count). The lowest BCUT2D eigenvalue weighted by Gasteiger charge is -2.43. The summed E-state index contributed by atoms with van der Waals surface area (Å²) in [6.45, 7) is 0.372. The van der Waals surface area contributed by atoms with Crippen molar-refractivity contribution in [3.05, 3.63) is 65.7 Å². The van der Waals surface area contributed by atoms with Crippen LogP contribution < -0.4 is 10.2 Å². The van der Waals surface area contributed by atoms with Crippen LogP contribution in [0.15, 0.2) is 54.6 Å². The molecule has 2 aromatic carbocycles. The second-order valence-corrected chi connectivity index (χ2v) is 11.6. The molecule has 13 heteroatoms. The maximum absolute atomic E-state index is 13.7. The zero-order valence-corrected chi connectivity index (χ0v) is 21.3. The molecule has 0 aliphatic carbocycles. The van der Waals surface area contributed by atoms with Crippen LogP contribution in [0.4, 0.5) is 13.2 Å². The van der Waals surface area contributed by atoms with Gasteiger partial charge in [0, 0.05) is 31.7 Å². The van der Waals surface area contributed by atoms with E-state index in [-0.39, 0.29) is 63.4 Å². The van der Waals surface area contributed by atoms with Crippen molar-refractivity contribution in [3.8, 4) is 5.75 Å². The quantitative estimate of drug-likeness (QED) is 0.218. The molecule has 38 heavy (non-hydrogen) atoms. The van der Waals surface area contributed by atoms with E-state index in [4.69, 9.17) is 10.1 Å². The lowest BCUT2D eigenvalue weighted by atomic mass is 9.94. The third-order valence-corrected chi connectivity index (χ3v) is 9.80. The van der Waals surface area contributed by atoms with Crippen LogP contribution in [0.3, 0.4) is 0 Å². The van der Waals surface area contributed by atoms with E-state index < -0.39 is 38.5 Å². The number of alkyl halides is 3. The molecule has 2 saturated heterocycles. The molecule has 0 unspecified atom stereocenters. The summed E-state index contributed by atoms with van der Waals surface area (Å²) in [4.78, 5) is 14.5. The molecule has 9 nitrogen and oxygen atoms in total. The zero-order chi connectivity index (χ0) is 27.6. The molecule has 2 aromatic rings. The molecule has 0 spiro atoms. The van der Waals surface area contributed by atoms with Gasteiger partial charge in [0.25, 0.3) is 5.91 Å². The number of rotatable bonds is 6. The average Bonchev–Trinajstić information content (AvgIpc) is 2.92. The number of hydrogen-bond donors (Lipinski definition) is 3. The Hall–Kier alpha value is -3.16. The molecule has 2 aliphatic rings. The Labute approximate surface area is 218 Å². The highest BCUT2D eigenvalue weighted by molar-refractivity contribution is 7.91. The lowest BCUT2D eigenvalue weighted by molar-refractivity contribution is -0.137. The van der Waals surface area contributed by atoms with Gasteiger partial charge in [-0.2, -0.15) is 13.2 Å². The first kappa shape index (κ1) is 27.9. The van der Waals surface area contributed by atoms with Crippen LogP contribution in [0, 0.1) is 5.41 Å². The summed E-state index contributed by atoms with van der Waals surface area (Å²) in [6, 6.07) is 13.3. The van der Waals surface area contributed by atoms with E-state index in [1.54, 1.807) is 29.2 Å². The van der Waals surface area contributed by atoms with Crippen LogP contribution >= 0.6 is 0 Å². The van der Waals surface area contributed by atoms with Crippen molar-refractivity contribution in [1.82, 2.24) is 14.7 Å². The fourth-order valence-corrected chi connectivity index (χ4v) is 7.09. The minimum absolute atomic E-state index is 0.0532. The van der Waals surface area contributed by atoms with Gasteiger partial charge < -0.3 is 9.64 Å². The number of sulfonamides is 1. The third kappa shape index (κ3) is 5.49. The van der Waals surface area contributed by atoms with Gasteiger partial charge in [0.1, 0.15) is 17.7 Å². The smallest absolute Gasteiger partial charge is 0.416 e. The second-order valence-electron chi connectivity index (χ2n) is 9.38. The van der Waals surface area contributed by atoms with Crippen LogP contribution in [-0.4, -0.2) is 71.6 Å². The number of hydrogen-bond acceptors (Lipinski definition) is 6. The molecule has 0 radical (unpaired) electrons. The highest BCUT2D eigenvalue weighted by atomic mass is 32.2. The Kier molecular flexibility index (Phi) is 8.00. The van der Waals surface area contributed by atoms with Crippen LogP contribution in [0.5, 0.6) is 5.75 Å². The van der Waals surface area contributed by atoms with Gasteiger partial charge in [0.2, 0.25) is 10.0 Å². The number of likely N-dealkylation sites (tertiary alicyclic amines) is 1. The molecular weight excluding hydrogens is 525 g/mol. The van der Waals surface area contributed by atoms with Gasteiger partial charge >= 0.3 is 6.18 Å². The number of carbonyl (C=O) groups excluding carboxylic acids is 1. The second kappa shape index (κ2) is 10.9. The Morgan fingerprint density at radius 2 is 1.58 bits per heavy atom. The topological polar surface area (TPSA) is 123 Å². The van der Waals surface area contributed by atoms with Crippen LogP contribution in [0.1, 0.15) is 36.8 Å². The molecule has 0 atom stereocenters. The van der Waals surface area contributed by atoms with Gasteiger partial charge in [-0.15, -0.1) is 0 Å². The molecule has 3 N–H and O–H groups in total. The number of carbonyl (C=O) groups is 1. The molecule has 0 aromatic heterocycles. The van der Waals surface area contributed by atoms with Crippen molar-refractivity contribution in [2.75, 3.05) is 26.2 Å². The van der Waals surface area contributed by atoms with Gasteiger partial charge in [-0.3, -0.25) is 15.4 Å². The number of piperidine rings is 2. The molecule has 2 heterocycles. The van der Waals surface area contributed by atoms with E-state index in [1.165, 1.54) is 21.9 Å². The number of hydroxylamine groups is 1. The number of amides is 1. The van der Waals surface area contributed by atoms with Gasteiger partial charge in [0.05, 0.1) is 5.56 Å². The number of halogens is 3. The zero-order valence-electron chi connectivity index (χ0n) is 20.4. The fraction of sp³-hybridized carbons (Fsp3) is 0.440. The van der Waals surface area contributed by atoms with Crippen molar-refractivity contribution in [2.45, 2.75) is 42.7 Å². The normalized spacial score (nSPS) is 19.1. The van der Waals surface area contributed by atoms with E-state index in [0.717, 1.165) is 12.1 Å². The van der Waals surface area contributed by atoms with Crippen molar-refractivity contribution < 1.29 is 36.3 Å². The first-order valence-corrected chi connectivity index (χ1v) is 13.6. The van der Waals surface area contributed by atoms with Crippen LogP contribution in [0.2, 0.25) is 0 Å². The van der Waals surface area contributed by atoms with Gasteiger partial charge in [-0.1, -0.05) is 30.3 Å². The first-order valence-electron chi connectivity index (χ1n) is 12.1. The molecule has 2 fully saturated rings. The Morgan fingerprint density at radius 1 is 1.00 bits per heavy atom. The maximum Gasteiger partial charge on any atom is 0.416 e. The maximum atomic E-state index is 13.7. The summed E-state index contributed by atoms with van der Waals surface area (Å²) in [7, 11) is -4.21. The van der Waals surface area contributed by atoms with Crippen molar-refractivity contribution in [3.63, 3.8) is 0 Å². The summed E-state index contributed by atoms with van der Waals surface area (Å²) in [5, 5.41) is 17.9. The number of amidine groups is 1. The third-order valence-electron chi connectivity index (χ3n) is 7.17. The van der Waals surface area contributed by atoms with E-state index in [2.05, 4.69) is 0 Å². The van der Waals surface area contributed by atoms with Gasteiger partial charge in [0.15, 0.2) is 4.75 Å². The number of nitrogens with zero attached hydrogens (tertiary/aromatic N) is 2. The monoisotopic (exact) mass is 554 g/mol. The van der Waals surface area contributed by atoms with Crippen molar-refractivity contribution >= 4 is 21.8 Å². The standard InChI is InChI=1S/C25H29F3N4O5S/c26-25(27,28)19-6-8-20(9-7-19)37-21-10-14-32(15-11-21)38(35,36)24(23(33)30-34)12-16-31(17-13-24)22(29)18-4-2-1-3-5-18/h1-9,21,29,34H,10-17H2,(H,30,33).